The van der Waals surface area contributed by atoms with Crippen LogP contribution in [0, 0.1) is 35.5 Å². The number of carbonyl (C=O) groups is 2. The van der Waals surface area contributed by atoms with Gasteiger partial charge in [-0.1, -0.05) is 42.5 Å². The second-order valence-corrected chi connectivity index (χ2v) is 6.90. The first-order valence-corrected chi connectivity index (χ1v) is 7.83. The van der Waals surface area contributed by atoms with E-state index in [-0.39, 0.29) is 23.7 Å². The molecule has 2 amide bonds. The number of benzene rings is 1. The van der Waals surface area contributed by atoms with Crippen LogP contribution in [-0.4, -0.2) is 16.7 Å². The number of hydrogen-bond acceptors (Lipinski definition) is 2. The molecule has 106 valence electrons. The van der Waals surface area contributed by atoms with Gasteiger partial charge in [-0.2, -0.15) is 0 Å². The molecule has 1 aliphatic heterocycles. The van der Waals surface area contributed by atoms with Crippen molar-refractivity contribution in [3.63, 3.8) is 0 Å². The second-order valence-electron chi connectivity index (χ2n) is 6.90. The maximum atomic E-state index is 12.8. The molecule has 1 aromatic rings. The van der Waals surface area contributed by atoms with Crippen LogP contribution < -0.4 is 0 Å². The lowest BCUT2D eigenvalue weighted by Crippen LogP contribution is -2.40. The highest BCUT2D eigenvalue weighted by atomic mass is 16.2. The zero-order valence-corrected chi connectivity index (χ0v) is 11.7. The summed E-state index contributed by atoms with van der Waals surface area (Å²) >= 11 is 0. The summed E-state index contributed by atoms with van der Waals surface area (Å²) in [7, 11) is 0. The highest BCUT2D eigenvalue weighted by molar-refractivity contribution is 6.06. The molecule has 4 aliphatic carbocycles. The van der Waals surface area contributed by atoms with Crippen LogP contribution in [0.5, 0.6) is 0 Å². The van der Waals surface area contributed by atoms with E-state index >= 15 is 0 Å². The first-order valence-electron chi connectivity index (χ1n) is 7.83. The van der Waals surface area contributed by atoms with Crippen LogP contribution in [0.1, 0.15) is 12.0 Å². The Hall–Kier alpha value is -1.90. The van der Waals surface area contributed by atoms with Gasteiger partial charge in [0, 0.05) is 0 Å². The SMILES string of the molecule is O=C1[C@H]2[C@@H]3C=C[C@H]([C@@H]4C[C@H]34)[C@@H]2C(=O)N1Cc1ccccc1. The molecule has 0 spiro atoms. The fourth-order valence-electron chi connectivity index (χ4n) is 4.94. The third kappa shape index (κ3) is 1.44. The van der Waals surface area contributed by atoms with Crippen molar-refractivity contribution in [3.8, 4) is 0 Å². The lowest BCUT2D eigenvalue weighted by atomic mass is 9.63. The molecular weight excluding hydrogens is 262 g/mol. The topological polar surface area (TPSA) is 37.4 Å². The van der Waals surface area contributed by atoms with Gasteiger partial charge in [0.1, 0.15) is 0 Å². The van der Waals surface area contributed by atoms with Gasteiger partial charge in [-0.25, -0.2) is 0 Å². The predicted octanol–water partition coefficient (Wildman–Crippen LogP) is 2.24. The fraction of sp³-hybridized carbons (Fsp3) is 0.444. The van der Waals surface area contributed by atoms with Gasteiger partial charge < -0.3 is 0 Å². The van der Waals surface area contributed by atoms with Gasteiger partial charge in [-0.15, -0.1) is 0 Å². The summed E-state index contributed by atoms with van der Waals surface area (Å²) in [5.41, 5.74) is 1.03. The largest absolute Gasteiger partial charge is 0.278 e. The third-order valence-corrected chi connectivity index (χ3v) is 5.94. The molecule has 21 heavy (non-hydrogen) atoms. The molecule has 1 aromatic carbocycles. The van der Waals surface area contributed by atoms with Gasteiger partial charge in [0.2, 0.25) is 11.8 Å². The molecule has 3 fully saturated rings. The first kappa shape index (κ1) is 11.7. The second kappa shape index (κ2) is 3.85. The van der Waals surface area contributed by atoms with Crippen molar-refractivity contribution in [2.75, 3.05) is 0 Å². The number of rotatable bonds is 2. The van der Waals surface area contributed by atoms with Crippen molar-refractivity contribution in [1.82, 2.24) is 4.90 Å². The summed E-state index contributed by atoms with van der Waals surface area (Å²) in [6.07, 6.45) is 5.66. The molecule has 6 atom stereocenters. The number of amides is 2. The summed E-state index contributed by atoms with van der Waals surface area (Å²) in [5.74, 6) is 1.99. The van der Waals surface area contributed by atoms with E-state index in [0.29, 0.717) is 30.2 Å². The minimum atomic E-state index is -0.0695. The fourth-order valence-corrected chi connectivity index (χ4v) is 4.94. The molecule has 0 radical (unpaired) electrons. The molecule has 3 nitrogen and oxygen atoms in total. The zero-order chi connectivity index (χ0) is 14.1. The lowest BCUT2D eigenvalue weighted by Gasteiger charge is -2.37. The van der Waals surface area contributed by atoms with E-state index in [1.54, 1.807) is 0 Å². The van der Waals surface area contributed by atoms with Gasteiger partial charge in [-0.05, 0) is 35.7 Å². The van der Waals surface area contributed by atoms with Gasteiger partial charge >= 0.3 is 0 Å². The highest BCUT2D eigenvalue weighted by Crippen LogP contribution is 2.65. The number of likely N-dealkylation sites (tertiary alicyclic amines) is 1. The normalized spacial score (nSPS) is 42.2. The van der Waals surface area contributed by atoms with Crippen LogP contribution in [0.15, 0.2) is 42.5 Å². The molecule has 1 saturated heterocycles. The van der Waals surface area contributed by atoms with E-state index in [1.807, 2.05) is 30.3 Å². The summed E-state index contributed by atoms with van der Waals surface area (Å²) in [6, 6.07) is 9.82. The molecule has 1 heterocycles. The quantitative estimate of drug-likeness (QED) is 0.615. The summed E-state index contributed by atoms with van der Waals surface area (Å²) < 4.78 is 0. The average Bonchev–Trinajstić information content (AvgIpc) is 3.30. The Balaban J connectivity index is 1.49. The van der Waals surface area contributed by atoms with Gasteiger partial charge in [-0.3, -0.25) is 14.5 Å². The highest BCUT2D eigenvalue weighted by Gasteiger charge is 2.66. The average molecular weight is 279 g/mol. The molecule has 2 saturated carbocycles. The third-order valence-electron chi connectivity index (χ3n) is 5.94. The van der Waals surface area contributed by atoms with Crippen molar-refractivity contribution in [3.05, 3.63) is 48.0 Å². The summed E-state index contributed by atoms with van der Waals surface area (Å²) in [6.45, 7) is 0.431. The number of hydrogen-bond donors (Lipinski definition) is 0. The number of carbonyl (C=O) groups excluding carboxylic acids is 2. The van der Waals surface area contributed by atoms with Crippen molar-refractivity contribution in [2.45, 2.75) is 13.0 Å². The minimum absolute atomic E-state index is 0.0681. The van der Waals surface area contributed by atoms with E-state index in [9.17, 15) is 9.59 Å². The van der Waals surface area contributed by atoms with Crippen molar-refractivity contribution in [1.29, 1.82) is 0 Å². The molecule has 2 bridgehead atoms. The van der Waals surface area contributed by atoms with Crippen molar-refractivity contribution >= 4 is 11.8 Å². The molecular formula is C18H17NO2. The van der Waals surface area contributed by atoms with Crippen LogP contribution in [0.2, 0.25) is 0 Å². The summed E-state index contributed by atoms with van der Waals surface area (Å²) in [5, 5.41) is 0. The van der Waals surface area contributed by atoms with Crippen molar-refractivity contribution < 1.29 is 9.59 Å². The molecule has 0 aromatic heterocycles. The Labute approximate surface area is 123 Å². The molecule has 6 rings (SSSR count). The Bertz CT molecular complexity index is 629. The summed E-state index contributed by atoms with van der Waals surface area (Å²) in [4.78, 5) is 27.1. The molecule has 5 aliphatic rings. The Morgan fingerprint density at radius 2 is 1.48 bits per heavy atom. The maximum Gasteiger partial charge on any atom is 0.234 e. The smallest absolute Gasteiger partial charge is 0.234 e. The molecule has 0 unspecified atom stereocenters. The number of allylic oxidation sites excluding steroid dienone is 2. The van der Waals surface area contributed by atoms with Crippen LogP contribution in [0.4, 0.5) is 0 Å². The predicted molar refractivity (Wildman–Crippen MR) is 76.7 cm³/mol. The maximum absolute atomic E-state index is 12.8. The molecule has 3 heteroatoms. The van der Waals surface area contributed by atoms with E-state index in [1.165, 1.54) is 11.3 Å². The first-order chi connectivity index (χ1) is 10.3. The van der Waals surface area contributed by atoms with Crippen LogP contribution in [0.3, 0.4) is 0 Å². The van der Waals surface area contributed by atoms with E-state index in [0.717, 1.165) is 5.56 Å². The molecule has 0 N–H and O–H groups in total. The van der Waals surface area contributed by atoms with Gasteiger partial charge in [0.25, 0.3) is 0 Å². The van der Waals surface area contributed by atoms with E-state index in [2.05, 4.69) is 12.2 Å². The van der Waals surface area contributed by atoms with Crippen LogP contribution in [-0.2, 0) is 16.1 Å². The van der Waals surface area contributed by atoms with E-state index in [4.69, 9.17) is 0 Å². The number of nitrogens with zero attached hydrogens (tertiary/aromatic N) is 1. The Kier molecular flexibility index (Phi) is 2.15. The Morgan fingerprint density at radius 3 is 2.05 bits per heavy atom. The standard InChI is InChI=1S/C18H17NO2/c20-17-15-11-6-7-12(14-8-13(11)14)16(15)18(21)19(17)9-10-4-2-1-3-5-10/h1-7,11-16H,8-9H2/t11-,12-,13-,14+,15+,16+/m1/s1. The Morgan fingerprint density at radius 1 is 0.905 bits per heavy atom. The monoisotopic (exact) mass is 279 g/mol. The van der Waals surface area contributed by atoms with Gasteiger partial charge in [0.15, 0.2) is 0 Å². The van der Waals surface area contributed by atoms with Crippen molar-refractivity contribution in [2.24, 2.45) is 35.5 Å². The van der Waals surface area contributed by atoms with Crippen LogP contribution >= 0.6 is 0 Å². The van der Waals surface area contributed by atoms with Gasteiger partial charge in [0.05, 0.1) is 18.4 Å². The van der Waals surface area contributed by atoms with E-state index < -0.39 is 0 Å². The minimum Gasteiger partial charge on any atom is -0.278 e. The number of imide groups is 1. The zero-order valence-electron chi connectivity index (χ0n) is 11.7. The lowest BCUT2D eigenvalue weighted by molar-refractivity contribution is -0.140. The van der Waals surface area contributed by atoms with Crippen LogP contribution in [0.25, 0.3) is 0 Å².